The van der Waals surface area contributed by atoms with E-state index in [1.807, 2.05) is 7.05 Å². The van der Waals surface area contributed by atoms with Gasteiger partial charge in [0.2, 0.25) is 15.9 Å². The number of nitrogens with zero attached hydrogens (tertiary/aromatic N) is 1. The average molecular weight is 309 g/mol. The van der Waals surface area contributed by atoms with Crippen molar-refractivity contribution in [3.63, 3.8) is 0 Å². The predicted molar refractivity (Wildman–Crippen MR) is 79.6 cm³/mol. The molecule has 7 heteroatoms. The third-order valence-electron chi connectivity index (χ3n) is 4.05. The summed E-state index contributed by atoms with van der Waals surface area (Å²) in [5.74, 6) is -0.0946. The number of sulfonamides is 1. The van der Waals surface area contributed by atoms with E-state index in [0.29, 0.717) is 5.69 Å². The van der Waals surface area contributed by atoms with Crippen LogP contribution in [0.4, 0.5) is 5.69 Å². The molecule has 0 aromatic heterocycles. The molecule has 2 aliphatic rings. The van der Waals surface area contributed by atoms with Gasteiger partial charge in [-0.2, -0.15) is 0 Å². The maximum atomic E-state index is 12.4. The molecule has 6 nitrogen and oxygen atoms in total. The van der Waals surface area contributed by atoms with Gasteiger partial charge in [0.25, 0.3) is 0 Å². The van der Waals surface area contributed by atoms with Crippen LogP contribution in [0, 0.1) is 0 Å². The molecule has 0 aliphatic carbocycles. The number of benzene rings is 1. The summed E-state index contributed by atoms with van der Waals surface area (Å²) in [6.45, 7) is 1.80. The van der Waals surface area contributed by atoms with E-state index in [0.717, 1.165) is 31.5 Å². The molecule has 1 aromatic rings. The van der Waals surface area contributed by atoms with Crippen molar-refractivity contribution in [1.29, 1.82) is 0 Å². The van der Waals surface area contributed by atoms with Gasteiger partial charge in [-0.15, -0.1) is 0 Å². The molecule has 0 spiro atoms. The van der Waals surface area contributed by atoms with E-state index in [2.05, 4.69) is 14.9 Å². The molecule has 114 valence electrons. The second-order valence-electron chi connectivity index (χ2n) is 5.74. The lowest BCUT2D eigenvalue weighted by molar-refractivity contribution is -0.115. The smallest absolute Gasteiger partial charge is 0.240 e. The molecule has 1 aromatic carbocycles. The van der Waals surface area contributed by atoms with Crippen molar-refractivity contribution in [2.24, 2.45) is 0 Å². The number of nitrogens with one attached hydrogen (secondary N) is 2. The quantitative estimate of drug-likeness (QED) is 0.855. The van der Waals surface area contributed by atoms with Gasteiger partial charge in [0.05, 0.1) is 11.3 Å². The van der Waals surface area contributed by atoms with E-state index in [9.17, 15) is 13.2 Å². The van der Waals surface area contributed by atoms with Crippen molar-refractivity contribution in [2.75, 3.05) is 25.5 Å². The van der Waals surface area contributed by atoms with Gasteiger partial charge in [-0.3, -0.25) is 4.79 Å². The van der Waals surface area contributed by atoms with E-state index in [1.54, 1.807) is 18.2 Å². The highest BCUT2D eigenvalue weighted by Crippen LogP contribution is 2.26. The Labute approximate surface area is 124 Å². The lowest BCUT2D eigenvalue weighted by Crippen LogP contribution is -2.43. The van der Waals surface area contributed by atoms with Gasteiger partial charge in [-0.1, -0.05) is 0 Å². The fraction of sp³-hybridized carbons (Fsp3) is 0.500. The van der Waals surface area contributed by atoms with Crippen molar-refractivity contribution in [3.05, 3.63) is 23.8 Å². The maximum Gasteiger partial charge on any atom is 0.240 e. The van der Waals surface area contributed by atoms with Crippen molar-refractivity contribution >= 4 is 21.6 Å². The van der Waals surface area contributed by atoms with Gasteiger partial charge in [-0.05, 0) is 56.7 Å². The zero-order chi connectivity index (χ0) is 15.0. The van der Waals surface area contributed by atoms with Crippen molar-refractivity contribution in [1.82, 2.24) is 9.62 Å². The minimum Gasteiger partial charge on any atom is -0.326 e. The fourth-order valence-corrected chi connectivity index (χ4v) is 4.14. The zero-order valence-corrected chi connectivity index (χ0v) is 12.7. The van der Waals surface area contributed by atoms with Gasteiger partial charge in [-0.25, -0.2) is 13.1 Å². The highest BCUT2D eigenvalue weighted by atomic mass is 32.2. The highest BCUT2D eigenvalue weighted by molar-refractivity contribution is 7.89. The number of likely N-dealkylation sites (tertiary alicyclic amines) is 1. The molecular formula is C14H19N3O3S. The lowest BCUT2D eigenvalue weighted by Gasteiger charge is -2.29. The van der Waals surface area contributed by atoms with Crippen molar-refractivity contribution < 1.29 is 13.2 Å². The Morgan fingerprint density at radius 3 is 2.71 bits per heavy atom. The van der Waals surface area contributed by atoms with E-state index in [1.165, 1.54) is 0 Å². The van der Waals surface area contributed by atoms with Crippen LogP contribution in [0.2, 0.25) is 0 Å². The summed E-state index contributed by atoms with van der Waals surface area (Å²) in [6.07, 6.45) is 1.88. The van der Waals surface area contributed by atoms with E-state index in [-0.39, 0.29) is 23.3 Å². The molecule has 21 heavy (non-hydrogen) atoms. The number of carbonyl (C=O) groups excluding carboxylic acids is 1. The topological polar surface area (TPSA) is 78.5 Å². The Hall–Kier alpha value is -1.44. The summed E-state index contributed by atoms with van der Waals surface area (Å²) in [5.41, 5.74) is 1.45. The second-order valence-corrected chi connectivity index (χ2v) is 7.46. The maximum absolute atomic E-state index is 12.4. The lowest BCUT2D eigenvalue weighted by atomic mass is 10.1. The Morgan fingerprint density at radius 1 is 1.29 bits per heavy atom. The number of carbonyl (C=O) groups is 1. The van der Waals surface area contributed by atoms with Gasteiger partial charge >= 0.3 is 0 Å². The summed E-state index contributed by atoms with van der Waals surface area (Å²) in [5, 5.41) is 2.70. The molecule has 2 aliphatic heterocycles. The van der Waals surface area contributed by atoms with Gasteiger partial charge < -0.3 is 10.2 Å². The van der Waals surface area contributed by atoms with Crippen LogP contribution in [0.1, 0.15) is 18.4 Å². The SMILES string of the molecule is CN1CCC(NS(=O)(=O)c2ccc3c(c2)CC(=O)N3)CC1. The van der Waals surface area contributed by atoms with Crippen molar-refractivity contribution in [2.45, 2.75) is 30.2 Å². The molecule has 1 fully saturated rings. The first-order valence-corrected chi connectivity index (χ1v) is 8.56. The largest absolute Gasteiger partial charge is 0.326 e. The molecule has 3 rings (SSSR count). The molecule has 0 saturated carbocycles. The Kier molecular flexibility index (Phi) is 3.73. The number of piperidine rings is 1. The zero-order valence-electron chi connectivity index (χ0n) is 11.9. The summed E-state index contributed by atoms with van der Waals surface area (Å²) in [4.78, 5) is 13.8. The number of rotatable bonds is 3. The standard InChI is InChI=1S/C14H19N3O3S/c1-17-6-4-11(5-7-17)16-21(19,20)12-2-3-13-10(8-12)9-14(18)15-13/h2-3,8,11,16H,4-7,9H2,1H3,(H,15,18). The van der Waals surface area contributed by atoms with Gasteiger partial charge in [0.1, 0.15) is 0 Å². The number of amides is 1. The minimum atomic E-state index is -3.52. The number of hydrogen-bond donors (Lipinski definition) is 2. The van der Waals surface area contributed by atoms with Crippen LogP contribution in [-0.4, -0.2) is 45.4 Å². The molecule has 1 amide bonds. The molecule has 0 unspecified atom stereocenters. The van der Waals surface area contributed by atoms with Crippen LogP contribution in [0.3, 0.4) is 0 Å². The number of anilines is 1. The van der Waals surface area contributed by atoms with Gasteiger partial charge in [0.15, 0.2) is 0 Å². The van der Waals surface area contributed by atoms with Gasteiger partial charge in [0, 0.05) is 11.7 Å². The van der Waals surface area contributed by atoms with Crippen molar-refractivity contribution in [3.8, 4) is 0 Å². The normalized spacial score (nSPS) is 20.3. The third-order valence-corrected chi connectivity index (χ3v) is 5.57. The first kappa shape index (κ1) is 14.5. The molecule has 2 N–H and O–H groups in total. The summed E-state index contributed by atoms with van der Waals surface area (Å²) < 4.78 is 27.6. The first-order valence-electron chi connectivity index (χ1n) is 7.08. The predicted octanol–water partition coefficient (Wildman–Crippen LogP) is 0.554. The van der Waals surface area contributed by atoms with E-state index < -0.39 is 10.0 Å². The Bertz CT molecular complexity index is 664. The number of fused-ring (bicyclic) bond motifs is 1. The van der Waals surface area contributed by atoms with E-state index >= 15 is 0 Å². The third kappa shape index (κ3) is 3.09. The molecular weight excluding hydrogens is 290 g/mol. The first-order chi connectivity index (χ1) is 9.94. The minimum absolute atomic E-state index is 0.0146. The number of hydrogen-bond acceptors (Lipinski definition) is 4. The van der Waals surface area contributed by atoms with Crippen LogP contribution >= 0.6 is 0 Å². The molecule has 0 radical (unpaired) electrons. The van der Waals surface area contributed by atoms with E-state index in [4.69, 9.17) is 0 Å². The molecule has 2 heterocycles. The summed E-state index contributed by atoms with van der Waals surface area (Å²) in [7, 11) is -1.49. The Balaban J connectivity index is 1.76. The monoisotopic (exact) mass is 309 g/mol. The summed E-state index contributed by atoms with van der Waals surface area (Å²) in [6, 6.07) is 4.77. The Morgan fingerprint density at radius 2 is 2.00 bits per heavy atom. The summed E-state index contributed by atoms with van der Waals surface area (Å²) >= 11 is 0. The fourth-order valence-electron chi connectivity index (χ4n) is 2.79. The molecule has 1 saturated heterocycles. The van der Waals surface area contributed by atoms with Crippen LogP contribution in [0.25, 0.3) is 0 Å². The van der Waals surface area contributed by atoms with Crippen LogP contribution in [0.15, 0.2) is 23.1 Å². The van der Waals surface area contributed by atoms with Crippen LogP contribution in [-0.2, 0) is 21.2 Å². The highest BCUT2D eigenvalue weighted by Gasteiger charge is 2.25. The molecule has 0 bridgehead atoms. The van der Waals surface area contributed by atoms with Crippen LogP contribution in [0.5, 0.6) is 0 Å². The van der Waals surface area contributed by atoms with Crippen LogP contribution < -0.4 is 10.0 Å². The average Bonchev–Trinajstić information content (AvgIpc) is 2.80. The molecule has 0 atom stereocenters. The second kappa shape index (κ2) is 5.40.